The summed E-state index contributed by atoms with van der Waals surface area (Å²) in [6, 6.07) is 7.97. The Balaban J connectivity index is 2.28. The molecule has 0 spiro atoms. The van der Waals surface area contributed by atoms with E-state index in [9.17, 15) is 5.11 Å². The summed E-state index contributed by atoms with van der Waals surface area (Å²) >= 11 is 1.59. The van der Waals surface area contributed by atoms with Gasteiger partial charge in [0.25, 0.3) is 0 Å². The van der Waals surface area contributed by atoms with E-state index in [0.717, 1.165) is 33.3 Å². The summed E-state index contributed by atoms with van der Waals surface area (Å²) in [6.07, 6.45) is 0.744. The van der Waals surface area contributed by atoms with Gasteiger partial charge in [0.2, 0.25) is 0 Å². The predicted molar refractivity (Wildman–Crippen MR) is 77.9 cm³/mol. The summed E-state index contributed by atoms with van der Waals surface area (Å²) in [5, 5.41) is 10.4. The molecular formula is C15H19NO2S. The molecule has 0 radical (unpaired) electrons. The zero-order valence-corrected chi connectivity index (χ0v) is 12.3. The number of methoxy groups -OCH3 is 1. The van der Waals surface area contributed by atoms with E-state index >= 15 is 0 Å². The molecule has 1 aromatic heterocycles. The van der Waals surface area contributed by atoms with Gasteiger partial charge in [-0.2, -0.15) is 0 Å². The predicted octanol–water partition coefficient (Wildman–Crippen LogP) is 3.36. The minimum absolute atomic E-state index is 0.0666. The third-order valence-electron chi connectivity index (χ3n) is 3.00. The van der Waals surface area contributed by atoms with Crippen LogP contribution in [0.3, 0.4) is 0 Å². The first-order chi connectivity index (χ1) is 9.15. The van der Waals surface area contributed by atoms with E-state index in [2.05, 4.69) is 18.8 Å². The number of hydrogen-bond donors (Lipinski definition) is 1. The summed E-state index contributed by atoms with van der Waals surface area (Å²) in [4.78, 5) is 5.63. The Morgan fingerprint density at radius 2 is 2.05 bits per heavy atom. The Kier molecular flexibility index (Phi) is 4.56. The van der Waals surface area contributed by atoms with Gasteiger partial charge in [-0.3, -0.25) is 0 Å². The molecule has 0 aliphatic rings. The standard InChI is InChI=1S/C15H19NO2S/c1-10(2)15-13(9-17)19-14(16-15)8-11-6-4-5-7-12(11)18-3/h4-7,10,17H,8-9H2,1-3H3. The number of aliphatic hydroxyl groups excluding tert-OH is 1. The summed E-state index contributed by atoms with van der Waals surface area (Å²) in [6.45, 7) is 4.26. The van der Waals surface area contributed by atoms with Crippen LogP contribution in [0.5, 0.6) is 5.75 Å². The summed E-state index contributed by atoms with van der Waals surface area (Å²) in [7, 11) is 1.68. The van der Waals surface area contributed by atoms with Crippen molar-refractivity contribution in [3.63, 3.8) is 0 Å². The van der Waals surface area contributed by atoms with Gasteiger partial charge in [-0.15, -0.1) is 11.3 Å². The lowest BCUT2D eigenvalue weighted by atomic mass is 10.1. The topological polar surface area (TPSA) is 42.4 Å². The molecule has 102 valence electrons. The van der Waals surface area contributed by atoms with Crippen LogP contribution in [-0.4, -0.2) is 17.2 Å². The van der Waals surface area contributed by atoms with E-state index in [-0.39, 0.29) is 6.61 Å². The SMILES string of the molecule is COc1ccccc1Cc1nc(C(C)C)c(CO)s1. The normalized spacial score (nSPS) is 11.0. The van der Waals surface area contributed by atoms with Crippen LogP contribution >= 0.6 is 11.3 Å². The third kappa shape index (κ3) is 3.14. The number of thiazole rings is 1. The van der Waals surface area contributed by atoms with Crippen LogP contribution in [0, 0.1) is 0 Å². The van der Waals surface area contributed by atoms with Crippen molar-refractivity contribution < 1.29 is 9.84 Å². The van der Waals surface area contributed by atoms with Crippen molar-refractivity contribution in [1.29, 1.82) is 0 Å². The highest BCUT2D eigenvalue weighted by atomic mass is 32.1. The van der Waals surface area contributed by atoms with Crippen LogP contribution in [-0.2, 0) is 13.0 Å². The number of benzene rings is 1. The first-order valence-electron chi connectivity index (χ1n) is 6.37. The first kappa shape index (κ1) is 14.0. The van der Waals surface area contributed by atoms with E-state index in [1.165, 1.54) is 0 Å². The molecule has 0 aliphatic heterocycles. The third-order valence-corrected chi connectivity index (χ3v) is 4.05. The van der Waals surface area contributed by atoms with Crippen molar-refractivity contribution in [2.45, 2.75) is 32.8 Å². The highest BCUT2D eigenvalue weighted by molar-refractivity contribution is 7.11. The first-order valence-corrected chi connectivity index (χ1v) is 7.18. The van der Waals surface area contributed by atoms with Gasteiger partial charge in [-0.25, -0.2) is 4.98 Å². The molecule has 0 saturated carbocycles. The lowest BCUT2D eigenvalue weighted by Gasteiger charge is -2.06. The Bertz CT molecular complexity index is 549. The van der Waals surface area contributed by atoms with E-state index in [1.54, 1.807) is 18.4 Å². The van der Waals surface area contributed by atoms with Crippen molar-refractivity contribution >= 4 is 11.3 Å². The summed E-state index contributed by atoms with van der Waals surface area (Å²) < 4.78 is 5.36. The molecular weight excluding hydrogens is 258 g/mol. The van der Waals surface area contributed by atoms with E-state index in [1.807, 2.05) is 24.3 Å². The Morgan fingerprint density at radius 3 is 2.63 bits per heavy atom. The van der Waals surface area contributed by atoms with Crippen molar-refractivity contribution in [2.75, 3.05) is 7.11 Å². The molecule has 0 atom stereocenters. The van der Waals surface area contributed by atoms with Crippen molar-refractivity contribution in [1.82, 2.24) is 4.98 Å². The molecule has 0 unspecified atom stereocenters. The summed E-state index contributed by atoms with van der Waals surface area (Å²) in [5.41, 5.74) is 2.14. The average molecular weight is 277 g/mol. The van der Waals surface area contributed by atoms with Crippen LogP contribution in [0.4, 0.5) is 0 Å². The van der Waals surface area contributed by atoms with Gasteiger partial charge in [0.1, 0.15) is 5.75 Å². The minimum atomic E-state index is 0.0666. The largest absolute Gasteiger partial charge is 0.496 e. The molecule has 0 bridgehead atoms. The Morgan fingerprint density at radius 1 is 1.32 bits per heavy atom. The second-order valence-electron chi connectivity index (χ2n) is 4.72. The van der Waals surface area contributed by atoms with Gasteiger partial charge < -0.3 is 9.84 Å². The molecule has 2 rings (SSSR count). The Labute approximate surface area is 117 Å². The lowest BCUT2D eigenvalue weighted by molar-refractivity contribution is 0.283. The number of hydrogen-bond acceptors (Lipinski definition) is 4. The maximum absolute atomic E-state index is 9.39. The van der Waals surface area contributed by atoms with E-state index in [0.29, 0.717) is 5.92 Å². The second kappa shape index (κ2) is 6.17. The van der Waals surface area contributed by atoms with Gasteiger partial charge in [0.05, 0.1) is 29.3 Å². The van der Waals surface area contributed by atoms with Crippen LogP contribution < -0.4 is 4.74 Å². The van der Waals surface area contributed by atoms with Gasteiger partial charge in [-0.1, -0.05) is 32.0 Å². The smallest absolute Gasteiger partial charge is 0.122 e. The fraction of sp³-hybridized carbons (Fsp3) is 0.400. The van der Waals surface area contributed by atoms with E-state index in [4.69, 9.17) is 4.74 Å². The van der Waals surface area contributed by atoms with Gasteiger partial charge in [-0.05, 0) is 12.0 Å². The highest BCUT2D eigenvalue weighted by Gasteiger charge is 2.14. The molecule has 19 heavy (non-hydrogen) atoms. The fourth-order valence-corrected chi connectivity index (χ4v) is 3.17. The molecule has 4 heteroatoms. The zero-order chi connectivity index (χ0) is 13.8. The fourth-order valence-electron chi connectivity index (χ4n) is 2.07. The number of nitrogens with zero attached hydrogens (tertiary/aromatic N) is 1. The van der Waals surface area contributed by atoms with Crippen LogP contribution in [0.2, 0.25) is 0 Å². The van der Waals surface area contributed by atoms with Crippen molar-refractivity contribution in [2.24, 2.45) is 0 Å². The molecule has 1 heterocycles. The van der Waals surface area contributed by atoms with Gasteiger partial charge in [0, 0.05) is 12.0 Å². The van der Waals surface area contributed by atoms with Gasteiger partial charge in [0.15, 0.2) is 0 Å². The molecule has 0 fully saturated rings. The molecule has 3 nitrogen and oxygen atoms in total. The quantitative estimate of drug-likeness (QED) is 0.911. The van der Waals surface area contributed by atoms with Gasteiger partial charge >= 0.3 is 0 Å². The number of aromatic nitrogens is 1. The number of rotatable bonds is 5. The summed E-state index contributed by atoms with van der Waals surface area (Å²) in [5.74, 6) is 1.22. The lowest BCUT2D eigenvalue weighted by Crippen LogP contribution is -1.95. The number of ether oxygens (including phenoxy) is 1. The van der Waals surface area contributed by atoms with Crippen molar-refractivity contribution in [3.8, 4) is 5.75 Å². The monoisotopic (exact) mass is 277 g/mol. The molecule has 1 N–H and O–H groups in total. The van der Waals surface area contributed by atoms with Crippen molar-refractivity contribution in [3.05, 3.63) is 45.4 Å². The maximum Gasteiger partial charge on any atom is 0.122 e. The molecule has 0 saturated heterocycles. The number of para-hydroxylation sites is 1. The average Bonchev–Trinajstić information content (AvgIpc) is 2.82. The van der Waals surface area contributed by atoms with E-state index < -0.39 is 0 Å². The highest BCUT2D eigenvalue weighted by Crippen LogP contribution is 2.28. The van der Waals surface area contributed by atoms with Crippen LogP contribution in [0.1, 0.15) is 40.9 Å². The molecule has 0 amide bonds. The molecule has 2 aromatic rings. The molecule has 0 aliphatic carbocycles. The Hall–Kier alpha value is -1.39. The zero-order valence-electron chi connectivity index (χ0n) is 11.5. The van der Waals surface area contributed by atoms with Crippen LogP contribution in [0.15, 0.2) is 24.3 Å². The maximum atomic E-state index is 9.39. The minimum Gasteiger partial charge on any atom is -0.496 e. The number of aliphatic hydroxyl groups is 1. The van der Waals surface area contributed by atoms with Crippen LogP contribution in [0.25, 0.3) is 0 Å². The second-order valence-corrected chi connectivity index (χ2v) is 5.89. The molecule has 1 aromatic carbocycles.